The lowest BCUT2D eigenvalue weighted by atomic mass is 10.1. The topological polar surface area (TPSA) is 265 Å². The van der Waals surface area contributed by atoms with Crippen molar-refractivity contribution in [3.05, 3.63) is 59.7 Å². The maximum atomic E-state index is 10.8. The lowest BCUT2D eigenvalue weighted by Crippen LogP contribution is -2.10. The van der Waals surface area contributed by atoms with Crippen LogP contribution in [0.1, 0.15) is 11.1 Å². The van der Waals surface area contributed by atoms with Gasteiger partial charge in [-0.25, -0.2) is 0 Å². The van der Waals surface area contributed by atoms with Crippen LogP contribution in [0.15, 0.2) is 58.3 Å². The van der Waals surface area contributed by atoms with Crippen LogP contribution in [0.2, 0.25) is 0 Å². The van der Waals surface area contributed by atoms with Crippen molar-refractivity contribution in [2.24, 2.45) is 0 Å². The summed E-state index contributed by atoms with van der Waals surface area (Å²) in [5, 5.41) is 0. The average molecular weight is 513 g/mol. The van der Waals surface area contributed by atoms with Gasteiger partial charge < -0.3 is 34.4 Å². The third kappa shape index (κ3) is 8.00. The van der Waals surface area contributed by atoms with E-state index < -0.39 is 25.1 Å². The van der Waals surface area contributed by atoms with Crippen molar-refractivity contribution < 1.29 is 25.9 Å². The van der Waals surface area contributed by atoms with Crippen LogP contribution in [0.5, 0.6) is 0 Å². The van der Waals surface area contributed by atoms with E-state index in [-0.39, 0.29) is 27.6 Å². The molecule has 0 atom stereocenters. The molecule has 0 aliphatic carbocycles. The summed E-state index contributed by atoms with van der Waals surface area (Å²) in [5.74, 6) is 0. The summed E-state index contributed by atoms with van der Waals surface area (Å²) in [4.78, 5) is -0.723. The Morgan fingerprint density at radius 3 is 1.65 bits per heavy atom. The molecule has 3 aromatic rings. The first-order valence-electron chi connectivity index (χ1n) is 9.31. The summed E-state index contributed by atoms with van der Waals surface area (Å²) < 4.78 is 59.8. The summed E-state index contributed by atoms with van der Waals surface area (Å²) >= 11 is 0. The molecule has 0 saturated heterocycles. The van der Waals surface area contributed by atoms with E-state index in [1.807, 2.05) is 26.0 Å². The van der Waals surface area contributed by atoms with Gasteiger partial charge >= 0.3 is 0 Å². The van der Waals surface area contributed by atoms with Crippen molar-refractivity contribution in [2.75, 3.05) is 34.4 Å². The van der Waals surface area contributed by atoms with Crippen molar-refractivity contribution in [1.82, 2.24) is 0 Å². The zero-order valence-electron chi connectivity index (χ0n) is 18.4. The van der Waals surface area contributed by atoms with Gasteiger partial charge in [-0.3, -0.25) is 9.11 Å². The fourth-order valence-electron chi connectivity index (χ4n) is 2.38. The van der Waals surface area contributed by atoms with Gasteiger partial charge in [0.15, 0.2) is 0 Å². The Morgan fingerprint density at radius 2 is 1.24 bits per heavy atom. The largest absolute Gasteiger partial charge is 0.399 e. The van der Waals surface area contributed by atoms with Crippen LogP contribution in [-0.4, -0.2) is 25.9 Å². The fourth-order valence-corrected chi connectivity index (χ4v) is 3.58. The molecule has 0 aliphatic heterocycles. The minimum Gasteiger partial charge on any atom is -0.399 e. The third-order valence-corrected chi connectivity index (χ3v) is 6.06. The van der Waals surface area contributed by atoms with Crippen LogP contribution in [0.3, 0.4) is 0 Å². The Hall–Kier alpha value is -3.72. The molecule has 34 heavy (non-hydrogen) atoms. The fraction of sp³-hybridized carbons (Fsp3) is 0.100. The highest BCUT2D eigenvalue weighted by Gasteiger charge is 2.19. The summed E-state index contributed by atoms with van der Waals surface area (Å²) in [6, 6.07) is 12.5. The van der Waals surface area contributed by atoms with Crippen LogP contribution in [-0.2, 0) is 20.2 Å². The SMILES string of the molecule is Cc1ccc(C)c(N)c1.Nc1cc(S(=O)(=O)O)c(N)c(N)c1N.Nc1cccc(S(=O)(=O)O)c1. The van der Waals surface area contributed by atoms with E-state index in [9.17, 15) is 16.8 Å². The summed E-state index contributed by atoms with van der Waals surface area (Å²) in [6.07, 6.45) is 0. The molecule has 3 aromatic carbocycles. The molecule has 186 valence electrons. The highest BCUT2D eigenvalue weighted by molar-refractivity contribution is 7.86. The molecule has 0 saturated carbocycles. The number of nitrogen functional groups attached to an aromatic ring is 6. The van der Waals surface area contributed by atoms with Gasteiger partial charge in [-0.1, -0.05) is 18.2 Å². The first-order valence-corrected chi connectivity index (χ1v) is 12.2. The monoisotopic (exact) mass is 512 g/mol. The molecule has 3 rings (SSSR count). The van der Waals surface area contributed by atoms with Crippen LogP contribution in [0.25, 0.3) is 0 Å². The average Bonchev–Trinajstić information content (AvgIpc) is 2.71. The van der Waals surface area contributed by atoms with E-state index in [1.54, 1.807) is 0 Å². The Labute approximate surface area is 198 Å². The lowest BCUT2D eigenvalue weighted by Gasteiger charge is -2.10. The van der Waals surface area contributed by atoms with Crippen LogP contribution in [0.4, 0.5) is 34.1 Å². The molecule has 0 fully saturated rings. The van der Waals surface area contributed by atoms with Gasteiger partial charge in [0.2, 0.25) is 0 Å². The number of anilines is 6. The molecular weight excluding hydrogens is 484 g/mol. The number of hydrogen-bond acceptors (Lipinski definition) is 10. The predicted molar refractivity (Wildman–Crippen MR) is 135 cm³/mol. The van der Waals surface area contributed by atoms with E-state index in [2.05, 4.69) is 6.07 Å². The molecule has 0 unspecified atom stereocenters. The molecule has 0 spiro atoms. The summed E-state index contributed by atoms with van der Waals surface area (Å²) in [7, 11) is -8.54. The van der Waals surface area contributed by atoms with E-state index in [4.69, 9.17) is 43.5 Å². The first kappa shape index (κ1) is 28.3. The molecule has 14 heteroatoms. The predicted octanol–water partition coefficient (Wildman–Crippen LogP) is 1.66. The van der Waals surface area contributed by atoms with E-state index in [1.165, 1.54) is 29.8 Å². The van der Waals surface area contributed by atoms with Crippen molar-refractivity contribution >= 4 is 54.4 Å². The molecule has 0 radical (unpaired) electrons. The quantitative estimate of drug-likeness (QED) is 0.180. The molecule has 14 N–H and O–H groups in total. The molecule has 0 aromatic heterocycles. The van der Waals surface area contributed by atoms with Gasteiger partial charge in [-0.2, -0.15) is 16.8 Å². The molecular formula is C20H28N6O6S2. The zero-order chi connectivity index (χ0) is 26.4. The second-order valence-electron chi connectivity index (χ2n) is 7.09. The van der Waals surface area contributed by atoms with Gasteiger partial charge in [-0.05, 0) is 55.3 Å². The molecule has 0 bridgehead atoms. The zero-order valence-corrected chi connectivity index (χ0v) is 20.1. The highest BCUT2D eigenvalue weighted by Crippen LogP contribution is 2.34. The number of hydrogen-bond donors (Lipinski definition) is 8. The minimum absolute atomic E-state index is 0.00472. The van der Waals surface area contributed by atoms with Crippen molar-refractivity contribution in [2.45, 2.75) is 23.6 Å². The Bertz CT molecular complexity index is 1390. The minimum atomic E-state index is -4.44. The molecule has 0 amide bonds. The highest BCUT2D eigenvalue weighted by atomic mass is 32.2. The Balaban J connectivity index is 0.000000262. The van der Waals surface area contributed by atoms with Gasteiger partial charge in [-0.15, -0.1) is 0 Å². The summed E-state index contributed by atoms with van der Waals surface area (Å²) in [6.45, 7) is 4.05. The Kier molecular flexibility index (Phi) is 9.10. The third-order valence-electron chi connectivity index (χ3n) is 4.31. The van der Waals surface area contributed by atoms with E-state index in [0.29, 0.717) is 5.69 Å². The molecule has 12 nitrogen and oxygen atoms in total. The van der Waals surface area contributed by atoms with Crippen molar-refractivity contribution in [3.63, 3.8) is 0 Å². The number of rotatable bonds is 2. The second kappa shape index (κ2) is 10.9. The molecule has 0 aliphatic rings. The van der Waals surface area contributed by atoms with Gasteiger partial charge in [0.25, 0.3) is 20.2 Å². The smallest absolute Gasteiger partial charge is 0.296 e. The lowest BCUT2D eigenvalue weighted by molar-refractivity contribution is 0.481. The normalized spacial score (nSPS) is 10.9. The number of aryl methyl sites for hydroxylation is 2. The summed E-state index contributed by atoms with van der Waals surface area (Å²) in [5.41, 5.74) is 35.4. The maximum Gasteiger partial charge on any atom is 0.296 e. The Morgan fingerprint density at radius 1 is 0.647 bits per heavy atom. The van der Waals surface area contributed by atoms with E-state index in [0.717, 1.165) is 17.3 Å². The first-order chi connectivity index (χ1) is 15.4. The van der Waals surface area contributed by atoms with Crippen LogP contribution < -0.4 is 34.4 Å². The van der Waals surface area contributed by atoms with Gasteiger partial charge in [0.05, 0.1) is 27.6 Å². The standard InChI is InChI=1S/C8H11N.C6H10N4O3S.C6H7NO3S/c1-6-3-4-7(2)8(9)5-6;7-2-1-3(14(11,12)13)5(9)6(10)4(2)8;7-5-2-1-3-6(4-5)11(8,9)10/h3-5H,9H2,1-2H3;1H,7-10H2,(H,11,12,13);1-4H,7H2,(H,8,9,10). The maximum absolute atomic E-state index is 10.8. The van der Waals surface area contributed by atoms with Gasteiger partial charge in [0.1, 0.15) is 4.90 Å². The second-order valence-corrected chi connectivity index (χ2v) is 9.90. The van der Waals surface area contributed by atoms with Gasteiger partial charge in [0, 0.05) is 11.4 Å². The van der Waals surface area contributed by atoms with E-state index >= 15 is 0 Å². The van der Waals surface area contributed by atoms with Crippen molar-refractivity contribution in [1.29, 1.82) is 0 Å². The number of benzene rings is 3. The van der Waals surface area contributed by atoms with Crippen LogP contribution in [0, 0.1) is 13.8 Å². The van der Waals surface area contributed by atoms with Crippen LogP contribution >= 0.6 is 0 Å². The molecule has 0 heterocycles. The van der Waals surface area contributed by atoms with Crippen molar-refractivity contribution in [3.8, 4) is 0 Å². The number of nitrogens with two attached hydrogens (primary N) is 6.